The molecule has 0 saturated heterocycles. The molecule has 1 aromatic heterocycles. The maximum atomic E-state index is 10.3. The van der Waals surface area contributed by atoms with Crippen LogP contribution in [0.1, 0.15) is 6.92 Å². The SMILES string of the molecule is CC(=O)Oc1ccc([N+](=O)[O-])o1. The second-order valence-electron chi connectivity index (χ2n) is 1.94. The average molecular weight is 171 g/mol. The third-order valence-electron chi connectivity index (χ3n) is 0.991. The molecule has 6 nitrogen and oxygen atoms in total. The van der Waals surface area contributed by atoms with Crippen molar-refractivity contribution in [3.05, 3.63) is 22.2 Å². The lowest BCUT2D eigenvalue weighted by Crippen LogP contribution is -1.99. The third-order valence-corrected chi connectivity index (χ3v) is 0.991. The van der Waals surface area contributed by atoms with Crippen molar-refractivity contribution in [1.82, 2.24) is 0 Å². The molecule has 6 heteroatoms. The van der Waals surface area contributed by atoms with Crippen molar-refractivity contribution in [3.8, 4) is 5.95 Å². The molecule has 0 N–H and O–H groups in total. The topological polar surface area (TPSA) is 82.6 Å². The van der Waals surface area contributed by atoms with Crippen LogP contribution in [-0.4, -0.2) is 10.9 Å². The molecule has 0 atom stereocenters. The van der Waals surface area contributed by atoms with E-state index in [1.54, 1.807) is 0 Å². The van der Waals surface area contributed by atoms with E-state index in [1.165, 1.54) is 13.0 Å². The van der Waals surface area contributed by atoms with Crippen LogP contribution in [0.3, 0.4) is 0 Å². The van der Waals surface area contributed by atoms with Gasteiger partial charge in [0.2, 0.25) is 0 Å². The molecule has 1 heterocycles. The zero-order valence-electron chi connectivity index (χ0n) is 6.14. The number of esters is 1. The van der Waals surface area contributed by atoms with Gasteiger partial charge in [0.1, 0.15) is 4.92 Å². The molecule has 0 aliphatic rings. The molecule has 0 saturated carbocycles. The van der Waals surface area contributed by atoms with Crippen molar-refractivity contribution in [2.45, 2.75) is 6.92 Å². The number of nitro groups is 1. The van der Waals surface area contributed by atoms with Crippen LogP contribution in [0, 0.1) is 10.1 Å². The molecule has 0 aromatic carbocycles. The van der Waals surface area contributed by atoms with E-state index in [0.29, 0.717) is 0 Å². The van der Waals surface area contributed by atoms with Crippen LogP contribution in [-0.2, 0) is 4.79 Å². The molecule has 0 fully saturated rings. The van der Waals surface area contributed by atoms with Crippen LogP contribution in [0.4, 0.5) is 5.88 Å². The van der Waals surface area contributed by atoms with E-state index in [4.69, 9.17) is 0 Å². The van der Waals surface area contributed by atoms with Crippen molar-refractivity contribution in [1.29, 1.82) is 0 Å². The molecule has 1 aromatic rings. The monoisotopic (exact) mass is 171 g/mol. The zero-order chi connectivity index (χ0) is 9.14. The number of hydrogen-bond donors (Lipinski definition) is 0. The minimum Gasteiger partial charge on any atom is -0.393 e. The summed E-state index contributed by atoms with van der Waals surface area (Å²) >= 11 is 0. The number of furan rings is 1. The van der Waals surface area contributed by atoms with Gasteiger partial charge in [-0.3, -0.25) is 14.9 Å². The van der Waals surface area contributed by atoms with Crippen molar-refractivity contribution in [2.75, 3.05) is 0 Å². The Morgan fingerprint density at radius 3 is 2.75 bits per heavy atom. The lowest BCUT2D eigenvalue weighted by atomic mass is 10.6. The lowest BCUT2D eigenvalue weighted by molar-refractivity contribution is -0.402. The Hall–Kier alpha value is -1.85. The first kappa shape index (κ1) is 8.25. The van der Waals surface area contributed by atoms with Crippen LogP contribution in [0.5, 0.6) is 5.95 Å². The number of carbonyl (C=O) groups excluding carboxylic acids is 1. The van der Waals surface area contributed by atoms with Crippen LogP contribution in [0.15, 0.2) is 16.5 Å². The van der Waals surface area contributed by atoms with Crippen molar-refractivity contribution in [2.24, 2.45) is 0 Å². The summed E-state index contributed by atoms with van der Waals surface area (Å²) in [7, 11) is 0. The summed E-state index contributed by atoms with van der Waals surface area (Å²) in [6.07, 6.45) is 0. The fourth-order valence-electron chi connectivity index (χ4n) is 0.605. The van der Waals surface area contributed by atoms with E-state index in [-0.39, 0.29) is 5.95 Å². The predicted molar refractivity (Wildman–Crippen MR) is 36.7 cm³/mol. The molecule has 1 rings (SSSR count). The minimum absolute atomic E-state index is 0.172. The first-order valence-corrected chi connectivity index (χ1v) is 3.02. The maximum absolute atomic E-state index is 10.3. The number of carbonyl (C=O) groups is 1. The van der Waals surface area contributed by atoms with E-state index >= 15 is 0 Å². The lowest BCUT2D eigenvalue weighted by Gasteiger charge is -1.91. The summed E-state index contributed by atoms with van der Waals surface area (Å²) in [5, 5.41) is 10.1. The number of ether oxygens (including phenoxy) is 1. The van der Waals surface area contributed by atoms with Gasteiger partial charge in [0.15, 0.2) is 0 Å². The van der Waals surface area contributed by atoms with Gasteiger partial charge in [0.05, 0.1) is 6.07 Å². The molecule has 0 aliphatic carbocycles. The van der Waals surface area contributed by atoms with Gasteiger partial charge in [0, 0.05) is 13.0 Å². The Balaban J connectivity index is 2.77. The van der Waals surface area contributed by atoms with E-state index in [9.17, 15) is 14.9 Å². The molecule has 0 radical (unpaired) electrons. The molecule has 0 aliphatic heterocycles. The first-order chi connectivity index (χ1) is 5.59. The molecule has 0 spiro atoms. The second kappa shape index (κ2) is 3.04. The Morgan fingerprint density at radius 2 is 2.33 bits per heavy atom. The van der Waals surface area contributed by atoms with Crippen LogP contribution in [0.25, 0.3) is 0 Å². The Kier molecular flexibility index (Phi) is 2.09. The first-order valence-electron chi connectivity index (χ1n) is 3.02. The highest BCUT2D eigenvalue weighted by Crippen LogP contribution is 2.21. The Labute approximate surface area is 66.9 Å². The molecule has 0 bridgehead atoms. The quantitative estimate of drug-likeness (QED) is 0.378. The van der Waals surface area contributed by atoms with Crippen molar-refractivity contribution in [3.63, 3.8) is 0 Å². The van der Waals surface area contributed by atoms with Crippen molar-refractivity contribution < 1.29 is 18.9 Å². The van der Waals surface area contributed by atoms with Gasteiger partial charge < -0.3 is 9.15 Å². The second-order valence-corrected chi connectivity index (χ2v) is 1.94. The van der Waals surface area contributed by atoms with Crippen LogP contribution >= 0.6 is 0 Å². The van der Waals surface area contributed by atoms with Gasteiger partial charge >= 0.3 is 11.9 Å². The summed E-state index contributed by atoms with van der Waals surface area (Å²) in [4.78, 5) is 19.7. The molecular weight excluding hydrogens is 166 g/mol. The average Bonchev–Trinajstić information content (AvgIpc) is 2.34. The third kappa shape index (κ3) is 1.82. The largest absolute Gasteiger partial charge is 0.436 e. The number of rotatable bonds is 2. The van der Waals surface area contributed by atoms with Crippen LogP contribution in [0.2, 0.25) is 0 Å². The zero-order valence-corrected chi connectivity index (χ0v) is 6.14. The normalized spacial score (nSPS) is 9.42. The Bertz CT molecular complexity index is 315. The fraction of sp³-hybridized carbons (Fsp3) is 0.167. The van der Waals surface area contributed by atoms with Gasteiger partial charge in [-0.25, -0.2) is 0 Å². The standard InChI is InChI=1S/C6H5NO5/c1-4(8)11-6-3-2-5(12-6)7(9)10/h2-3H,1H3. The summed E-state index contributed by atoms with van der Waals surface area (Å²) < 4.78 is 8.95. The van der Waals surface area contributed by atoms with E-state index in [2.05, 4.69) is 9.15 Å². The van der Waals surface area contributed by atoms with Gasteiger partial charge in [-0.05, 0) is 0 Å². The molecule has 12 heavy (non-hydrogen) atoms. The Morgan fingerprint density at radius 1 is 1.67 bits per heavy atom. The number of nitrogens with zero attached hydrogens (tertiary/aromatic N) is 1. The summed E-state index contributed by atoms with van der Waals surface area (Å²) in [6.45, 7) is 1.17. The van der Waals surface area contributed by atoms with Crippen molar-refractivity contribution >= 4 is 11.9 Å². The summed E-state index contributed by atoms with van der Waals surface area (Å²) in [5.41, 5.74) is 0. The maximum Gasteiger partial charge on any atom is 0.436 e. The smallest absolute Gasteiger partial charge is 0.393 e. The van der Waals surface area contributed by atoms with Gasteiger partial charge in [-0.2, -0.15) is 0 Å². The van der Waals surface area contributed by atoms with Crippen LogP contribution < -0.4 is 4.74 Å². The van der Waals surface area contributed by atoms with E-state index in [0.717, 1.165) is 6.07 Å². The summed E-state index contributed by atoms with van der Waals surface area (Å²) in [6, 6.07) is 2.32. The van der Waals surface area contributed by atoms with E-state index in [1.807, 2.05) is 0 Å². The summed E-state index contributed by atoms with van der Waals surface area (Å²) in [5.74, 6) is -1.21. The predicted octanol–water partition coefficient (Wildman–Crippen LogP) is 1.11. The minimum atomic E-state index is -0.715. The van der Waals surface area contributed by atoms with Gasteiger partial charge in [-0.1, -0.05) is 0 Å². The highest BCUT2D eigenvalue weighted by Gasteiger charge is 2.13. The van der Waals surface area contributed by atoms with E-state index < -0.39 is 16.8 Å². The fourth-order valence-corrected chi connectivity index (χ4v) is 0.605. The van der Waals surface area contributed by atoms with Gasteiger partial charge in [0.25, 0.3) is 5.95 Å². The highest BCUT2D eigenvalue weighted by molar-refractivity contribution is 5.68. The highest BCUT2D eigenvalue weighted by atomic mass is 16.7. The molecule has 0 amide bonds. The van der Waals surface area contributed by atoms with Gasteiger partial charge in [-0.15, -0.1) is 0 Å². The molecule has 0 unspecified atom stereocenters. The number of hydrogen-bond acceptors (Lipinski definition) is 5. The molecule has 64 valence electrons. The molecular formula is C6H5NO5.